The Balaban J connectivity index is 1.86. The molecule has 0 radical (unpaired) electrons. The molecule has 2 aromatic rings. The van der Waals surface area contributed by atoms with Gasteiger partial charge in [0.25, 0.3) is 5.91 Å². The zero-order valence-corrected chi connectivity index (χ0v) is 12.2. The molecule has 3 rings (SSSR count). The van der Waals surface area contributed by atoms with Crippen molar-refractivity contribution >= 4 is 11.6 Å². The van der Waals surface area contributed by atoms with E-state index in [1.807, 2.05) is 4.90 Å². The van der Waals surface area contributed by atoms with Gasteiger partial charge in [-0.15, -0.1) is 0 Å². The van der Waals surface area contributed by atoms with E-state index in [0.29, 0.717) is 36.5 Å². The first-order valence-corrected chi connectivity index (χ1v) is 7.11. The molecule has 1 aromatic carbocycles. The standard InChI is InChI=1S/C16H15F2N3O2/c17-12-2-1-10(7-13(12)18)15-9-21(5-6-23-15)14-3-4-20-8-11(14)16(19)22/h1-4,7-8,15H,5-6,9H2,(H2,19,22). The van der Waals surface area contributed by atoms with Gasteiger partial charge in [-0.05, 0) is 23.8 Å². The molecule has 0 spiro atoms. The predicted octanol–water partition coefficient (Wildman–Crippen LogP) is 2.04. The number of amides is 1. The molecule has 120 valence electrons. The number of anilines is 1. The number of carbonyl (C=O) groups excluding carboxylic acids is 1. The van der Waals surface area contributed by atoms with E-state index in [4.69, 9.17) is 10.5 Å². The molecule has 1 aromatic heterocycles. The first kappa shape index (κ1) is 15.4. The summed E-state index contributed by atoms with van der Waals surface area (Å²) in [5, 5.41) is 0. The Kier molecular flexibility index (Phi) is 4.20. The topological polar surface area (TPSA) is 68.5 Å². The van der Waals surface area contributed by atoms with Crippen LogP contribution in [0.25, 0.3) is 0 Å². The number of carbonyl (C=O) groups is 1. The SMILES string of the molecule is NC(=O)c1cnccc1N1CCOC(c2ccc(F)c(F)c2)C1. The van der Waals surface area contributed by atoms with Gasteiger partial charge in [0.15, 0.2) is 11.6 Å². The van der Waals surface area contributed by atoms with Crippen molar-refractivity contribution in [3.8, 4) is 0 Å². The quantitative estimate of drug-likeness (QED) is 0.940. The Bertz CT molecular complexity index is 739. The van der Waals surface area contributed by atoms with Gasteiger partial charge in [-0.3, -0.25) is 9.78 Å². The van der Waals surface area contributed by atoms with Crippen molar-refractivity contribution in [2.75, 3.05) is 24.6 Å². The van der Waals surface area contributed by atoms with Crippen molar-refractivity contribution in [1.82, 2.24) is 4.98 Å². The maximum atomic E-state index is 13.4. The molecule has 1 amide bonds. The molecule has 23 heavy (non-hydrogen) atoms. The van der Waals surface area contributed by atoms with Crippen molar-refractivity contribution in [2.45, 2.75) is 6.10 Å². The number of benzene rings is 1. The van der Waals surface area contributed by atoms with Crippen LogP contribution >= 0.6 is 0 Å². The van der Waals surface area contributed by atoms with Gasteiger partial charge in [-0.1, -0.05) is 6.07 Å². The summed E-state index contributed by atoms with van der Waals surface area (Å²) in [6.45, 7) is 1.35. The van der Waals surface area contributed by atoms with Crippen LogP contribution in [0.3, 0.4) is 0 Å². The zero-order valence-electron chi connectivity index (χ0n) is 12.2. The van der Waals surface area contributed by atoms with Gasteiger partial charge in [-0.2, -0.15) is 0 Å². The fourth-order valence-corrected chi connectivity index (χ4v) is 2.64. The highest BCUT2D eigenvalue weighted by molar-refractivity contribution is 5.98. The fourth-order valence-electron chi connectivity index (χ4n) is 2.64. The molecule has 0 aliphatic carbocycles. The monoisotopic (exact) mass is 319 g/mol. The van der Waals surface area contributed by atoms with Crippen molar-refractivity contribution in [2.24, 2.45) is 5.73 Å². The minimum atomic E-state index is -0.912. The van der Waals surface area contributed by atoms with Gasteiger partial charge in [0.1, 0.15) is 6.10 Å². The number of pyridine rings is 1. The van der Waals surface area contributed by atoms with E-state index >= 15 is 0 Å². The lowest BCUT2D eigenvalue weighted by Crippen LogP contribution is -2.39. The highest BCUT2D eigenvalue weighted by Crippen LogP contribution is 2.28. The molecule has 5 nitrogen and oxygen atoms in total. The maximum Gasteiger partial charge on any atom is 0.252 e. The summed E-state index contributed by atoms with van der Waals surface area (Å²) in [6, 6.07) is 5.40. The lowest BCUT2D eigenvalue weighted by molar-refractivity contribution is 0.0394. The van der Waals surface area contributed by atoms with Crippen LogP contribution in [0, 0.1) is 11.6 Å². The molecule has 0 saturated carbocycles. The first-order chi connectivity index (χ1) is 11.1. The summed E-state index contributed by atoms with van der Waals surface area (Å²) < 4.78 is 32.1. The van der Waals surface area contributed by atoms with Crippen LogP contribution in [0.2, 0.25) is 0 Å². The maximum absolute atomic E-state index is 13.4. The third-order valence-electron chi connectivity index (χ3n) is 3.79. The van der Waals surface area contributed by atoms with Crippen LogP contribution in [-0.4, -0.2) is 30.6 Å². The average Bonchev–Trinajstić information content (AvgIpc) is 2.57. The molecule has 1 aliphatic rings. The number of halogens is 2. The van der Waals surface area contributed by atoms with Crippen molar-refractivity contribution in [3.63, 3.8) is 0 Å². The molecule has 1 saturated heterocycles. The van der Waals surface area contributed by atoms with Crippen LogP contribution in [0.1, 0.15) is 22.0 Å². The largest absolute Gasteiger partial charge is 0.370 e. The summed E-state index contributed by atoms with van der Waals surface area (Å²) in [5.41, 5.74) is 6.89. The lowest BCUT2D eigenvalue weighted by Gasteiger charge is -2.35. The van der Waals surface area contributed by atoms with E-state index < -0.39 is 23.6 Å². The number of hydrogen-bond acceptors (Lipinski definition) is 4. The molecule has 2 heterocycles. The minimum absolute atomic E-state index is 0.318. The summed E-state index contributed by atoms with van der Waals surface area (Å²) in [5.74, 6) is -2.37. The summed E-state index contributed by atoms with van der Waals surface area (Å²) in [7, 11) is 0. The van der Waals surface area contributed by atoms with Gasteiger partial charge in [0.05, 0.1) is 17.9 Å². The number of hydrogen-bond donors (Lipinski definition) is 1. The number of primary amides is 1. The van der Waals surface area contributed by atoms with Crippen molar-refractivity contribution in [3.05, 3.63) is 59.4 Å². The Hall–Kier alpha value is -2.54. The molecular formula is C16H15F2N3O2. The van der Waals surface area contributed by atoms with Crippen LogP contribution in [0.5, 0.6) is 0 Å². The van der Waals surface area contributed by atoms with Gasteiger partial charge >= 0.3 is 0 Å². The van der Waals surface area contributed by atoms with Gasteiger partial charge in [-0.25, -0.2) is 8.78 Å². The minimum Gasteiger partial charge on any atom is -0.370 e. The van der Waals surface area contributed by atoms with E-state index in [9.17, 15) is 13.6 Å². The summed E-state index contributed by atoms with van der Waals surface area (Å²) >= 11 is 0. The van der Waals surface area contributed by atoms with E-state index in [-0.39, 0.29) is 0 Å². The molecule has 2 N–H and O–H groups in total. The second kappa shape index (κ2) is 6.29. The molecule has 1 fully saturated rings. The van der Waals surface area contributed by atoms with Gasteiger partial charge in [0, 0.05) is 25.5 Å². The molecule has 1 atom stereocenters. The molecule has 0 bridgehead atoms. The van der Waals surface area contributed by atoms with Crippen molar-refractivity contribution < 1.29 is 18.3 Å². The third kappa shape index (κ3) is 3.14. The Labute approximate surface area is 131 Å². The van der Waals surface area contributed by atoms with Crippen LogP contribution < -0.4 is 10.6 Å². The highest BCUT2D eigenvalue weighted by atomic mass is 19.2. The van der Waals surface area contributed by atoms with Crippen LogP contribution in [0.15, 0.2) is 36.7 Å². The van der Waals surface area contributed by atoms with E-state index in [0.717, 1.165) is 12.1 Å². The zero-order chi connectivity index (χ0) is 16.4. The Morgan fingerprint density at radius 3 is 2.87 bits per heavy atom. The fraction of sp³-hybridized carbons (Fsp3) is 0.250. The number of nitrogens with zero attached hydrogens (tertiary/aromatic N) is 2. The predicted molar refractivity (Wildman–Crippen MR) is 80.0 cm³/mol. The normalized spacial score (nSPS) is 18.0. The summed E-state index contributed by atoms with van der Waals surface area (Å²) in [6.07, 6.45) is 2.57. The highest BCUT2D eigenvalue weighted by Gasteiger charge is 2.25. The number of morpholine rings is 1. The smallest absolute Gasteiger partial charge is 0.252 e. The lowest BCUT2D eigenvalue weighted by atomic mass is 10.1. The molecule has 1 unspecified atom stereocenters. The third-order valence-corrected chi connectivity index (χ3v) is 3.79. The first-order valence-electron chi connectivity index (χ1n) is 7.11. The summed E-state index contributed by atoms with van der Waals surface area (Å²) in [4.78, 5) is 17.4. The molecule has 1 aliphatic heterocycles. The number of ether oxygens (including phenoxy) is 1. The van der Waals surface area contributed by atoms with Crippen molar-refractivity contribution in [1.29, 1.82) is 0 Å². The molecular weight excluding hydrogens is 304 g/mol. The second-order valence-corrected chi connectivity index (χ2v) is 5.24. The van der Waals surface area contributed by atoms with E-state index in [1.165, 1.54) is 12.3 Å². The Morgan fingerprint density at radius 2 is 2.13 bits per heavy atom. The van der Waals surface area contributed by atoms with E-state index in [2.05, 4.69) is 4.98 Å². The second-order valence-electron chi connectivity index (χ2n) is 5.24. The molecule has 7 heteroatoms. The number of nitrogens with two attached hydrogens (primary N) is 1. The number of rotatable bonds is 3. The van der Waals surface area contributed by atoms with Crippen LogP contribution in [0.4, 0.5) is 14.5 Å². The van der Waals surface area contributed by atoms with Gasteiger partial charge < -0.3 is 15.4 Å². The average molecular weight is 319 g/mol. The van der Waals surface area contributed by atoms with Gasteiger partial charge in [0.2, 0.25) is 0 Å². The Morgan fingerprint density at radius 1 is 1.30 bits per heavy atom. The van der Waals surface area contributed by atoms with Crippen LogP contribution in [-0.2, 0) is 4.74 Å². The van der Waals surface area contributed by atoms with E-state index in [1.54, 1.807) is 12.3 Å². The number of aromatic nitrogens is 1.